The summed E-state index contributed by atoms with van der Waals surface area (Å²) >= 11 is 0. The van der Waals surface area contributed by atoms with Crippen LogP contribution in [0.2, 0.25) is 0 Å². The first-order valence-corrected chi connectivity index (χ1v) is 8.44. The van der Waals surface area contributed by atoms with Crippen LogP contribution in [0.4, 0.5) is 0 Å². The summed E-state index contributed by atoms with van der Waals surface area (Å²) in [7, 11) is -3.27. The van der Waals surface area contributed by atoms with Crippen molar-refractivity contribution in [3.63, 3.8) is 0 Å². The first kappa shape index (κ1) is 13.8. The Hall–Kier alpha value is -2.14. The number of hydrogen-bond donors (Lipinski definition) is 0. The number of benzene rings is 1. The molecule has 0 N–H and O–H groups in total. The van der Waals surface area contributed by atoms with Crippen LogP contribution in [-0.4, -0.2) is 23.6 Å². The maximum atomic E-state index is 12.2. The molecule has 3 aromatic rings. The summed E-state index contributed by atoms with van der Waals surface area (Å²) in [6.07, 6.45) is 3.84. The summed E-state index contributed by atoms with van der Waals surface area (Å²) < 4.78 is 26.4. The molecule has 0 aliphatic carbocycles. The number of imidazole rings is 1. The van der Waals surface area contributed by atoms with E-state index in [1.54, 1.807) is 25.1 Å². The fraction of sp³-hybridized carbons (Fsp3) is 0.188. The number of rotatable bonds is 3. The van der Waals surface area contributed by atoms with Crippen LogP contribution in [0.1, 0.15) is 12.5 Å². The fourth-order valence-electron chi connectivity index (χ4n) is 2.34. The van der Waals surface area contributed by atoms with Gasteiger partial charge < -0.3 is 4.40 Å². The van der Waals surface area contributed by atoms with Gasteiger partial charge >= 0.3 is 0 Å². The first-order chi connectivity index (χ1) is 10.0. The van der Waals surface area contributed by atoms with E-state index in [0.29, 0.717) is 16.2 Å². The molecule has 2 heterocycles. The molecule has 0 aliphatic heterocycles. The SMILES string of the molecule is CCS(=O)(=O)c1ccccc1-c1cn2cc(C)ccc2n1. The van der Waals surface area contributed by atoms with Crippen molar-refractivity contribution in [2.24, 2.45) is 0 Å². The number of aryl methyl sites for hydroxylation is 1. The Labute approximate surface area is 124 Å². The van der Waals surface area contributed by atoms with Gasteiger partial charge in [-0.2, -0.15) is 0 Å². The van der Waals surface area contributed by atoms with E-state index in [0.717, 1.165) is 11.2 Å². The Morgan fingerprint density at radius 2 is 1.86 bits per heavy atom. The Morgan fingerprint density at radius 1 is 1.10 bits per heavy atom. The zero-order valence-electron chi connectivity index (χ0n) is 11.9. The lowest BCUT2D eigenvalue weighted by atomic mass is 10.2. The van der Waals surface area contributed by atoms with Crippen molar-refractivity contribution < 1.29 is 8.42 Å². The standard InChI is InChI=1S/C16H16N2O2S/c1-3-21(19,20)15-7-5-4-6-13(15)14-11-18-10-12(2)8-9-16(18)17-14/h4-11H,3H2,1-2H3. The van der Waals surface area contributed by atoms with E-state index >= 15 is 0 Å². The minimum absolute atomic E-state index is 0.0799. The third-order valence-corrected chi connectivity index (χ3v) is 5.26. The van der Waals surface area contributed by atoms with Crippen LogP contribution in [0.15, 0.2) is 53.7 Å². The third kappa shape index (κ3) is 2.45. The van der Waals surface area contributed by atoms with Crippen molar-refractivity contribution >= 4 is 15.5 Å². The van der Waals surface area contributed by atoms with Crippen LogP contribution < -0.4 is 0 Å². The van der Waals surface area contributed by atoms with Crippen molar-refractivity contribution in [3.05, 3.63) is 54.4 Å². The maximum absolute atomic E-state index is 12.2. The minimum Gasteiger partial charge on any atom is -0.306 e. The number of fused-ring (bicyclic) bond motifs is 1. The number of aromatic nitrogens is 2. The van der Waals surface area contributed by atoms with Gasteiger partial charge in [0.2, 0.25) is 0 Å². The van der Waals surface area contributed by atoms with E-state index in [1.165, 1.54) is 0 Å². The van der Waals surface area contributed by atoms with Crippen molar-refractivity contribution in [2.45, 2.75) is 18.7 Å². The third-order valence-electron chi connectivity index (χ3n) is 3.48. The summed E-state index contributed by atoms with van der Waals surface area (Å²) in [4.78, 5) is 4.87. The van der Waals surface area contributed by atoms with Gasteiger partial charge in [-0.15, -0.1) is 0 Å². The maximum Gasteiger partial charge on any atom is 0.178 e. The zero-order valence-corrected chi connectivity index (χ0v) is 12.8. The Kier molecular flexibility index (Phi) is 3.29. The molecule has 0 spiro atoms. The minimum atomic E-state index is -3.27. The number of pyridine rings is 1. The molecule has 0 aliphatic rings. The molecule has 0 saturated carbocycles. The molecule has 1 aromatic carbocycles. The van der Waals surface area contributed by atoms with Gasteiger partial charge in [0, 0.05) is 18.0 Å². The van der Waals surface area contributed by atoms with E-state index in [4.69, 9.17) is 0 Å². The average molecular weight is 300 g/mol. The smallest absolute Gasteiger partial charge is 0.178 e. The van der Waals surface area contributed by atoms with Crippen LogP contribution >= 0.6 is 0 Å². The van der Waals surface area contributed by atoms with Gasteiger partial charge in [-0.25, -0.2) is 13.4 Å². The summed E-state index contributed by atoms with van der Waals surface area (Å²) in [5.74, 6) is 0.0799. The molecule has 0 atom stereocenters. The highest BCUT2D eigenvalue weighted by molar-refractivity contribution is 7.91. The van der Waals surface area contributed by atoms with Crippen LogP contribution in [-0.2, 0) is 9.84 Å². The summed E-state index contributed by atoms with van der Waals surface area (Å²) in [6, 6.07) is 10.9. The van der Waals surface area contributed by atoms with E-state index in [9.17, 15) is 8.42 Å². The molecule has 0 bridgehead atoms. The molecule has 0 fully saturated rings. The molecule has 21 heavy (non-hydrogen) atoms. The lowest BCUT2D eigenvalue weighted by Gasteiger charge is -2.06. The molecule has 5 heteroatoms. The highest BCUT2D eigenvalue weighted by Gasteiger charge is 2.18. The molecule has 0 unspecified atom stereocenters. The number of sulfone groups is 1. The van der Waals surface area contributed by atoms with Gasteiger partial charge in [0.15, 0.2) is 9.84 Å². The normalized spacial score (nSPS) is 11.9. The molecule has 0 radical (unpaired) electrons. The number of hydrogen-bond acceptors (Lipinski definition) is 3. The Balaban J connectivity index is 2.24. The topological polar surface area (TPSA) is 51.4 Å². The van der Waals surface area contributed by atoms with Crippen LogP contribution in [0, 0.1) is 6.92 Å². The summed E-state index contributed by atoms with van der Waals surface area (Å²) in [5.41, 5.74) is 3.26. The van der Waals surface area contributed by atoms with Crippen molar-refractivity contribution in [1.82, 2.24) is 9.38 Å². The monoisotopic (exact) mass is 300 g/mol. The molecule has 0 saturated heterocycles. The Bertz CT molecular complexity index is 911. The van der Waals surface area contributed by atoms with Crippen molar-refractivity contribution in [3.8, 4) is 11.3 Å². The molecule has 4 nitrogen and oxygen atoms in total. The lowest BCUT2D eigenvalue weighted by molar-refractivity contribution is 0.597. The van der Waals surface area contributed by atoms with Crippen LogP contribution in [0.5, 0.6) is 0 Å². The highest BCUT2D eigenvalue weighted by atomic mass is 32.2. The van der Waals surface area contributed by atoms with E-state index < -0.39 is 9.84 Å². The van der Waals surface area contributed by atoms with Crippen molar-refractivity contribution in [2.75, 3.05) is 5.75 Å². The summed E-state index contributed by atoms with van der Waals surface area (Å²) in [5, 5.41) is 0. The molecule has 3 rings (SSSR count). The highest BCUT2D eigenvalue weighted by Crippen LogP contribution is 2.27. The van der Waals surface area contributed by atoms with E-state index in [2.05, 4.69) is 4.98 Å². The summed E-state index contributed by atoms with van der Waals surface area (Å²) in [6.45, 7) is 3.66. The second-order valence-corrected chi connectivity index (χ2v) is 7.24. The molecular weight excluding hydrogens is 284 g/mol. The molecular formula is C16H16N2O2S. The van der Waals surface area contributed by atoms with Crippen LogP contribution in [0.25, 0.3) is 16.9 Å². The van der Waals surface area contributed by atoms with Gasteiger partial charge in [0.05, 0.1) is 16.3 Å². The molecule has 108 valence electrons. The van der Waals surface area contributed by atoms with Gasteiger partial charge in [-0.3, -0.25) is 0 Å². The number of nitrogens with zero attached hydrogens (tertiary/aromatic N) is 2. The first-order valence-electron chi connectivity index (χ1n) is 6.79. The second kappa shape index (κ2) is 5.00. The van der Waals surface area contributed by atoms with E-state index in [-0.39, 0.29) is 5.75 Å². The van der Waals surface area contributed by atoms with Gasteiger partial charge in [-0.1, -0.05) is 31.2 Å². The van der Waals surface area contributed by atoms with Crippen molar-refractivity contribution in [1.29, 1.82) is 0 Å². The quantitative estimate of drug-likeness (QED) is 0.747. The van der Waals surface area contributed by atoms with Crippen LogP contribution in [0.3, 0.4) is 0 Å². The largest absolute Gasteiger partial charge is 0.306 e. The fourth-order valence-corrected chi connectivity index (χ4v) is 3.44. The predicted molar refractivity (Wildman–Crippen MR) is 83.1 cm³/mol. The average Bonchev–Trinajstić information content (AvgIpc) is 2.90. The lowest BCUT2D eigenvalue weighted by Crippen LogP contribution is -2.05. The van der Waals surface area contributed by atoms with Gasteiger partial charge in [0.1, 0.15) is 5.65 Å². The van der Waals surface area contributed by atoms with Gasteiger partial charge in [-0.05, 0) is 24.6 Å². The van der Waals surface area contributed by atoms with E-state index in [1.807, 2.05) is 41.9 Å². The second-order valence-electron chi connectivity index (χ2n) is 5.00. The zero-order chi connectivity index (χ0) is 15.0. The Morgan fingerprint density at radius 3 is 2.62 bits per heavy atom. The predicted octanol–water partition coefficient (Wildman–Crippen LogP) is 3.10. The van der Waals surface area contributed by atoms with Gasteiger partial charge in [0.25, 0.3) is 0 Å². The molecule has 2 aromatic heterocycles. The molecule has 0 amide bonds.